The molecule has 0 bridgehead atoms. The first-order valence-electron chi connectivity index (χ1n) is 6.46. The minimum atomic E-state index is -0.572. The Morgan fingerprint density at radius 2 is 2.26 bits per heavy atom. The maximum atomic E-state index is 12.4. The summed E-state index contributed by atoms with van der Waals surface area (Å²) in [4.78, 5) is 29.9. The Morgan fingerprint density at radius 1 is 1.52 bits per heavy atom. The molecule has 1 fully saturated rings. The van der Waals surface area contributed by atoms with Gasteiger partial charge < -0.3 is 0 Å². The third-order valence-corrected chi connectivity index (χ3v) is 4.01. The highest BCUT2D eigenvalue weighted by Crippen LogP contribution is 2.20. The molecule has 2 heterocycles. The lowest BCUT2D eigenvalue weighted by molar-refractivity contribution is -0.128. The zero-order valence-electron chi connectivity index (χ0n) is 12.2. The van der Waals surface area contributed by atoms with Gasteiger partial charge in [0.2, 0.25) is 0 Å². The van der Waals surface area contributed by atoms with Gasteiger partial charge in [-0.15, -0.1) is 18.3 Å². The molecule has 0 aliphatic carbocycles. The minimum Gasteiger partial charge on any atom is -0.298 e. The number of hydrogen-bond acceptors (Lipinski definition) is 6. The molecule has 1 aliphatic heterocycles. The van der Waals surface area contributed by atoms with Crippen molar-refractivity contribution in [2.45, 2.75) is 5.03 Å². The third-order valence-electron chi connectivity index (χ3n) is 2.99. The number of nitrogens with one attached hydrogen (secondary N) is 1. The van der Waals surface area contributed by atoms with Gasteiger partial charge in [-0.25, -0.2) is 4.98 Å². The number of hydrogen-bond donors (Lipinski definition) is 1. The van der Waals surface area contributed by atoms with Crippen molar-refractivity contribution in [1.82, 2.24) is 15.2 Å². The van der Waals surface area contributed by atoms with E-state index < -0.39 is 11.8 Å². The number of amides is 2. The molecule has 2 amide bonds. The fraction of sp³-hybridized carbons (Fsp3) is 0.133. The van der Waals surface area contributed by atoms with Gasteiger partial charge in [-0.3, -0.25) is 19.8 Å². The lowest BCUT2D eigenvalue weighted by Crippen LogP contribution is -2.53. The van der Waals surface area contributed by atoms with Crippen LogP contribution in [0.5, 0.6) is 0 Å². The summed E-state index contributed by atoms with van der Waals surface area (Å²) in [6, 6.07) is 5.22. The van der Waals surface area contributed by atoms with Crippen molar-refractivity contribution in [1.29, 1.82) is 5.26 Å². The van der Waals surface area contributed by atoms with E-state index in [1.165, 1.54) is 28.8 Å². The molecule has 1 aromatic heterocycles. The molecule has 2 rings (SSSR count). The first-order valence-corrected chi connectivity index (χ1v) is 8.10. The van der Waals surface area contributed by atoms with Crippen LogP contribution in [0, 0.1) is 11.3 Å². The van der Waals surface area contributed by atoms with E-state index in [9.17, 15) is 9.59 Å². The fourth-order valence-corrected chi connectivity index (χ4v) is 2.69. The zero-order valence-corrected chi connectivity index (χ0v) is 13.8. The summed E-state index contributed by atoms with van der Waals surface area (Å²) in [5.41, 5.74) is 0.788. The largest absolute Gasteiger partial charge is 0.298 e. The fourth-order valence-electron chi connectivity index (χ4n) is 1.91. The average molecular weight is 344 g/mol. The molecule has 0 atom stereocenters. The number of thioether (sulfide) groups is 1. The van der Waals surface area contributed by atoms with Crippen molar-refractivity contribution >= 4 is 47.0 Å². The number of nitrogens with zero attached hydrogens (tertiary/aromatic N) is 3. The van der Waals surface area contributed by atoms with Crippen LogP contribution in [0.3, 0.4) is 0 Å². The lowest BCUT2D eigenvalue weighted by atomic mass is 10.1. The number of carbonyl (C=O) groups is 2. The van der Waals surface area contributed by atoms with Crippen molar-refractivity contribution < 1.29 is 9.59 Å². The van der Waals surface area contributed by atoms with Gasteiger partial charge in [0.15, 0.2) is 5.11 Å². The van der Waals surface area contributed by atoms with Crippen LogP contribution in [0.4, 0.5) is 0 Å². The standard InChI is InChI=1S/C15H12N4O2S2/c1-3-6-19-14(21)11(12(20)18-15(19)22)7-10-5-4-9(8-16)13(17-10)23-2/h3-5,7H,1,6H2,2H3,(H,18,20,22)/b11-7+. The van der Waals surface area contributed by atoms with E-state index in [1.54, 1.807) is 18.4 Å². The second-order valence-electron chi connectivity index (χ2n) is 4.43. The molecule has 23 heavy (non-hydrogen) atoms. The van der Waals surface area contributed by atoms with Gasteiger partial charge in [0, 0.05) is 6.54 Å². The molecule has 0 aromatic carbocycles. The molecule has 6 nitrogen and oxygen atoms in total. The van der Waals surface area contributed by atoms with Gasteiger partial charge in [-0.05, 0) is 36.7 Å². The predicted octanol–water partition coefficient (Wildman–Crippen LogP) is 1.49. The number of aromatic nitrogens is 1. The van der Waals surface area contributed by atoms with E-state index >= 15 is 0 Å². The average Bonchev–Trinajstić information content (AvgIpc) is 2.55. The van der Waals surface area contributed by atoms with Crippen LogP contribution >= 0.6 is 24.0 Å². The van der Waals surface area contributed by atoms with Crippen LogP contribution in [0.25, 0.3) is 6.08 Å². The lowest BCUT2D eigenvalue weighted by Gasteiger charge is -2.27. The van der Waals surface area contributed by atoms with Crippen molar-refractivity contribution in [2.75, 3.05) is 12.8 Å². The Morgan fingerprint density at radius 3 is 2.87 bits per heavy atom. The molecule has 0 radical (unpaired) electrons. The van der Waals surface area contributed by atoms with E-state index in [4.69, 9.17) is 17.5 Å². The zero-order chi connectivity index (χ0) is 17.0. The summed E-state index contributed by atoms with van der Waals surface area (Å²) < 4.78 is 0. The van der Waals surface area contributed by atoms with Gasteiger partial charge in [0.05, 0.1) is 11.3 Å². The number of rotatable bonds is 4. The van der Waals surface area contributed by atoms with E-state index in [1.807, 2.05) is 6.07 Å². The van der Waals surface area contributed by atoms with Crippen LogP contribution in [-0.4, -0.2) is 39.6 Å². The molecule has 0 spiro atoms. The van der Waals surface area contributed by atoms with E-state index in [2.05, 4.69) is 16.9 Å². The highest BCUT2D eigenvalue weighted by atomic mass is 32.2. The van der Waals surface area contributed by atoms with Crippen molar-refractivity contribution in [2.24, 2.45) is 0 Å². The Kier molecular flexibility index (Phi) is 5.26. The summed E-state index contributed by atoms with van der Waals surface area (Å²) in [5.74, 6) is -1.08. The first-order chi connectivity index (χ1) is 11.0. The van der Waals surface area contributed by atoms with Crippen LogP contribution in [0.15, 0.2) is 35.4 Å². The van der Waals surface area contributed by atoms with E-state index in [-0.39, 0.29) is 17.2 Å². The maximum Gasteiger partial charge on any atom is 0.266 e. The molecule has 1 aromatic rings. The summed E-state index contributed by atoms with van der Waals surface area (Å²) in [6.07, 6.45) is 4.70. The Bertz CT molecular complexity index is 780. The first kappa shape index (κ1) is 16.9. The third kappa shape index (κ3) is 3.47. The summed E-state index contributed by atoms with van der Waals surface area (Å²) >= 11 is 6.29. The minimum absolute atomic E-state index is 0.0506. The maximum absolute atomic E-state index is 12.4. The smallest absolute Gasteiger partial charge is 0.266 e. The van der Waals surface area contributed by atoms with Crippen LogP contribution in [-0.2, 0) is 9.59 Å². The molecular weight excluding hydrogens is 332 g/mol. The van der Waals surface area contributed by atoms with Crippen LogP contribution in [0.1, 0.15) is 11.3 Å². The van der Waals surface area contributed by atoms with E-state index in [0.717, 1.165) is 0 Å². The number of thiocarbonyl (C=S) groups is 1. The number of nitriles is 1. The molecule has 8 heteroatoms. The van der Waals surface area contributed by atoms with Gasteiger partial charge in [-0.1, -0.05) is 6.08 Å². The molecule has 1 N–H and O–H groups in total. The normalized spacial score (nSPS) is 16.3. The van der Waals surface area contributed by atoms with Crippen molar-refractivity contribution in [3.05, 3.63) is 41.6 Å². The molecule has 0 saturated carbocycles. The molecule has 116 valence electrons. The SMILES string of the molecule is C=CCN1C(=O)/C(=C/c2ccc(C#N)c(SC)n2)C(=O)NC1=S. The van der Waals surface area contributed by atoms with Gasteiger partial charge in [0.25, 0.3) is 11.8 Å². The Balaban J connectivity index is 2.43. The van der Waals surface area contributed by atoms with Crippen molar-refractivity contribution in [3.63, 3.8) is 0 Å². The molecular formula is C15H12N4O2S2. The highest BCUT2D eigenvalue weighted by Gasteiger charge is 2.32. The Hall–Kier alpha value is -2.50. The summed E-state index contributed by atoms with van der Waals surface area (Å²) in [6.45, 7) is 3.76. The summed E-state index contributed by atoms with van der Waals surface area (Å²) in [7, 11) is 0. The van der Waals surface area contributed by atoms with Gasteiger partial charge in [0.1, 0.15) is 16.7 Å². The molecule has 1 saturated heterocycles. The second-order valence-corrected chi connectivity index (χ2v) is 5.61. The van der Waals surface area contributed by atoms with Gasteiger partial charge >= 0.3 is 0 Å². The predicted molar refractivity (Wildman–Crippen MR) is 91.4 cm³/mol. The topological polar surface area (TPSA) is 86.1 Å². The molecule has 1 aliphatic rings. The number of carbonyl (C=O) groups excluding carboxylic acids is 2. The van der Waals surface area contributed by atoms with Crippen LogP contribution in [0.2, 0.25) is 0 Å². The quantitative estimate of drug-likeness (QED) is 0.293. The van der Waals surface area contributed by atoms with Crippen LogP contribution < -0.4 is 5.32 Å². The van der Waals surface area contributed by atoms with Crippen molar-refractivity contribution in [3.8, 4) is 6.07 Å². The monoisotopic (exact) mass is 344 g/mol. The second kappa shape index (κ2) is 7.17. The Labute approximate surface area is 142 Å². The number of pyridine rings is 1. The van der Waals surface area contributed by atoms with Gasteiger partial charge in [-0.2, -0.15) is 5.26 Å². The van der Waals surface area contributed by atoms with E-state index in [0.29, 0.717) is 16.3 Å². The highest BCUT2D eigenvalue weighted by molar-refractivity contribution is 7.98. The molecule has 0 unspecified atom stereocenters. The summed E-state index contributed by atoms with van der Waals surface area (Å²) in [5, 5.41) is 12.0.